The number of aryl methyl sites for hydroxylation is 1. The molecule has 1 unspecified atom stereocenters. The number of rotatable bonds is 6. The van der Waals surface area contributed by atoms with Gasteiger partial charge >= 0.3 is 0 Å². The Bertz CT molecular complexity index is 2080. The molecule has 0 radical (unpaired) electrons. The second kappa shape index (κ2) is 11.3. The molecular weight excluding hydrogens is 605 g/mol. The summed E-state index contributed by atoms with van der Waals surface area (Å²) in [4.78, 5) is 36.3. The van der Waals surface area contributed by atoms with Gasteiger partial charge in [0.05, 0.1) is 5.69 Å². The van der Waals surface area contributed by atoms with Gasteiger partial charge < -0.3 is 16.0 Å². The molecule has 2 aliphatic rings. The number of anilines is 2. The van der Waals surface area contributed by atoms with E-state index < -0.39 is 34.6 Å². The Morgan fingerprint density at radius 2 is 1.66 bits per heavy atom. The first-order chi connectivity index (χ1) is 22.4. The molecule has 1 spiro atoms. The van der Waals surface area contributed by atoms with Crippen LogP contribution in [0.4, 0.5) is 24.8 Å². The van der Waals surface area contributed by atoms with E-state index in [4.69, 9.17) is 9.97 Å². The number of hydrogen-bond donors (Lipinski definition) is 3. The lowest BCUT2D eigenvalue weighted by Crippen LogP contribution is -2.57. The van der Waals surface area contributed by atoms with E-state index in [2.05, 4.69) is 29.8 Å². The van der Waals surface area contributed by atoms with Crippen molar-refractivity contribution in [1.82, 2.24) is 19.9 Å². The zero-order chi connectivity index (χ0) is 33.1. The first-order valence-corrected chi connectivity index (χ1v) is 15.5. The third kappa shape index (κ3) is 5.98. The molecule has 1 saturated heterocycles. The third-order valence-electron chi connectivity index (χ3n) is 8.95. The van der Waals surface area contributed by atoms with Gasteiger partial charge in [0.15, 0.2) is 5.65 Å². The highest BCUT2D eigenvalue weighted by Crippen LogP contribution is 2.46. The van der Waals surface area contributed by atoms with Crippen molar-refractivity contribution in [2.45, 2.75) is 63.6 Å². The Kier molecular flexibility index (Phi) is 7.39. The van der Waals surface area contributed by atoms with Gasteiger partial charge in [0.25, 0.3) is 11.5 Å². The molecule has 3 aromatic carbocycles. The number of halogens is 3. The van der Waals surface area contributed by atoms with Gasteiger partial charge in [0, 0.05) is 45.4 Å². The predicted octanol–water partition coefficient (Wildman–Crippen LogP) is 6.90. The summed E-state index contributed by atoms with van der Waals surface area (Å²) >= 11 is 0. The van der Waals surface area contributed by atoms with E-state index >= 15 is 8.78 Å². The average Bonchev–Trinajstić information content (AvgIpc) is 3.75. The minimum absolute atomic E-state index is 0.0120. The number of fused-ring (bicyclic) bond motifs is 1. The molecule has 0 bridgehead atoms. The van der Waals surface area contributed by atoms with Gasteiger partial charge in [-0.05, 0) is 107 Å². The molecule has 2 aromatic heterocycles. The van der Waals surface area contributed by atoms with Crippen LogP contribution in [0.25, 0.3) is 28.0 Å². The molecule has 1 saturated carbocycles. The summed E-state index contributed by atoms with van der Waals surface area (Å²) in [6, 6.07) is 16.7. The fourth-order valence-corrected chi connectivity index (χ4v) is 6.80. The Labute approximate surface area is 269 Å². The molecule has 1 amide bonds. The largest absolute Gasteiger partial charge is 0.351 e. The maximum atomic E-state index is 15.2. The highest BCUT2D eigenvalue weighted by molar-refractivity contribution is 6.05. The molecule has 8 nitrogen and oxygen atoms in total. The second-order valence-electron chi connectivity index (χ2n) is 13.2. The molecule has 2 fully saturated rings. The minimum Gasteiger partial charge on any atom is -0.351 e. The number of nitrogens with one attached hydrogen (secondary N) is 3. The Balaban J connectivity index is 1.39. The smallest absolute Gasteiger partial charge is 0.256 e. The van der Waals surface area contributed by atoms with Crippen LogP contribution >= 0.6 is 0 Å². The summed E-state index contributed by atoms with van der Waals surface area (Å²) in [5.41, 5.74) is 1.15. The van der Waals surface area contributed by atoms with Crippen molar-refractivity contribution in [2.75, 3.05) is 10.6 Å². The van der Waals surface area contributed by atoms with Gasteiger partial charge in [0.1, 0.15) is 23.1 Å². The zero-order valence-corrected chi connectivity index (χ0v) is 26.1. The van der Waals surface area contributed by atoms with Crippen molar-refractivity contribution in [2.24, 2.45) is 0 Å². The number of hydrogen-bond acceptors (Lipinski definition) is 6. The summed E-state index contributed by atoms with van der Waals surface area (Å²) in [5.74, 6) is -2.48. The number of carbonyl (C=O) groups is 1. The maximum Gasteiger partial charge on any atom is 0.256 e. The molecule has 47 heavy (non-hydrogen) atoms. The number of piperidine rings is 1. The molecule has 1 aliphatic heterocycles. The molecule has 1 aliphatic carbocycles. The quantitative estimate of drug-likeness (QED) is 0.187. The van der Waals surface area contributed by atoms with Gasteiger partial charge in [-0.2, -0.15) is 4.98 Å². The highest BCUT2D eigenvalue weighted by Gasteiger charge is 2.51. The van der Waals surface area contributed by atoms with Gasteiger partial charge in [0.2, 0.25) is 5.95 Å². The number of carbonyl (C=O) groups excluding carboxylic acids is 1. The average molecular weight is 639 g/mol. The fraction of sp³-hybridized carbons (Fsp3) is 0.278. The number of aromatic nitrogens is 3. The van der Waals surface area contributed by atoms with Gasteiger partial charge in [-0.1, -0.05) is 12.1 Å². The number of nitrogens with zero attached hydrogens (tertiary/aromatic N) is 3. The molecule has 7 rings (SSSR count). The van der Waals surface area contributed by atoms with Crippen LogP contribution in [-0.4, -0.2) is 37.6 Å². The molecule has 1 atom stereocenters. The third-order valence-corrected chi connectivity index (χ3v) is 8.95. The fourth-order valence-electron chi connectivity index (χ4n) is 6.80. The van der Waals surface area contributed by atoms with Crippen LogP contribution < -0.4 is 21.5 Å². The maximum absolute atomic E-state index is 15.2. The van der Waals surface area contributed by atoms with E-state index in [9.17, 15) is 14.0 Å². The monoisotopic (exact) mass is 638 g/mol. The molecule has 240 valence electrons. The first-order valence-electron chi connectivity index (χ1n) is 15.5. The lowest BCUT2D eigenvalue weighted by molar-refractivity contribution is 0.102. The summed E-state index contributed by atoms with van der Waals surface area (Å²) in [6.45, 7) is 6.16. The lowest BCUT2D eigenvalue weighted by Gasteiger charge is -2.42. The predicted molar refractivity (Wildman–Crippen MR) is 175 cm³/mol. The Morgan fingerprint density at radius 3 is 2.36 bits per heavy atom. The van der Waals surface area contributed by atoms with Crippen LogP contribution in [0.5, 0.6) is 0 Å². The van der Waals surface area contributed by atoms with E-state index in [-0.39, 0.29) is 28.7 Å². The van der Waals surface area contributed by atoms with Gasteiger partial charge in [-0.15, -0.1) is 0 Å². The molecule has 11 heteroatoms. The van der Waals surface area contributed by atoms with Crippen LogP contribution in [0.3, 0.4) is 0 Å². The standard InChI is InChI=1S/C36H33F3N6O2/c1-20-7-8-21(33(47)40-23-11-9-22(37)10-12-23)17-26(20)30-25-13-14-29(46)45(31-27(38)5-4-6-28(31)39)32(25)43-34(42-30)41-24-18-35(2,3)44-36(19-24)15-16-36/h4-14,17,24,44H,15-16,18-19H2,1-3H3,(H,40,47)(H,41,42,43). The lowest BCUT2D eigenvalue weighted by atomic mass is 9.84. The van der Waals surface area contributed by atoms with E-state index in [0.29, 0.717) is 27.9 Å². The Hall–Kier alpha value is -5.03. The molecule has 3 heterocycles. The number of benzene rings is 3. The van der Waals surface area contributed by atoms with Crippen LogP contribution in [-0.2, 0) is 0 Å². The SMILES string of the molecule is Cc1ccc(C(=O)Nc2ccc(F)cc2)cc1-c1nc(NC2CC(C)(C)NC3(CC3)C2)nc2c1ccc(=O)n2-c1c(F)cccc1F. The summed E-state index contributed by atoms with van der Waals surface area (Å²) in [7, 11) is 0. The molecule has 5 aromatic rings. The van der Waals surface area contributed by atoms with Crippen molar-refractivity contribution < 1.29 is 18.0 Å². The van der Waals surface area contributed by atoms with E-state index in [0.717, 1.165) is 47.9 Å². The normalized spacial score (nSPS) is 17.9. The first kappa shape index (κ1) is 30.6. The van der Waals surface area contributed by atoms with E-state index in [1.807, 2.05) is 6.92 Å². The van der Waals surface area contributed by atoms with Crippen molar-refractivity contribution in [3.63, 3.8) is 0 Å². The topological polar surface area (TPSA) is 101 Å². The van der Waals surface area contributed by atoms with Crippen molar-refractivity contribution in [3.05, 3.63) is 112 Å². The van der Waals surface area contributed by atoms with Crippen molar-refractivity contribution in [1.29, 1.82) is 0 Å². The van der Waals surface area contributed by atoms with Crippen LogP contribution in [0.2, 0.25) is 0 Å². The molecule has 3 N–H and O–H groups in total. The van der Waals surface area contributed by atoms with E-state index in [1.165, 1.54) is 42.5 Å². The second-order valence-corrected chi connectivity index (χ2v) is 13.2. The van der Waals surface area contributed by atoms with Crippen LogP contribution in [0.15, 0.2) is 77.6 Å². The molecular formula is C36H33F3N6O2. The summed E-state index contributed by atoms with van der Waals surface area (Å²) in [5, 5.41) is 10.4. The number of amides is 1. The zero-order valence-electron chi connectivity index (χ0n) is 26.1. The Morgan fingerprint density at radius 1 is 0.936 bits per heavy atom. The van der Waals surface area contributed by atoms with Crippen molar-refractivity contribution >= 4 is 28.6 Å². The van der Waals surface area contributed by atoms with Gasteiger partial charge in [-0.25, -0.2) is 18.2 Å². The van der Waals surface area contributed by atoms with Crippen LogP contribution in [0.1, 0.15) is 55.5 Å². The summed E-state index contributed by atoms with van der Waals surface area (Å²) < 4.78 is 44.8. The number of pyridine rings is 1. The summed E-state index contributed by atoms with van der Waals surface area (Å²) in [6.07, 6.45) is 3.74. The minimum atomic E-state index is -0.916. The van der Waals surface area contributed by atoms with Crippen molar-refractivity contribution in [3.8, 4) is 16.9 Å². The highest BCUT2D eigenvalue weighted by atomic mass is 19.1. The van der Waals surface area contributed by atoms with E-state index in [1.54, 1.807) is 18.2 Å². The van der Waals surface area contributed by atoms with Gasteiger partial charge in [-0.3, -0.25) is 14.2 Å². The number of para-hydroxylation sites is 1. The van der Waals surface area contributed by atoms with Crippen LogP contribution in [0, 0.1) is 24.4 Å².